The lowest BCUT2D eigenvalue weighted by molar-refractivity contribution is 0.318. The number of nitrogens with one attached hydrogen (secondary N) is 1. The highest BCUT2D eigenvalue weighted by molar-refractivity contribution is 5.35. The fourth-order valence-electron chi connectivity index (χ4n) is 3.06. The van der Waals surface area contributed by atoms with Gasteiger partial charge >= 0.3 is 0 Å². The van der Waals surface area contributed by atoms with Gasteiger partial charge in [0.15, 0.2) is 0 Å². The van der Waals surface area contributed by atoms with Gasteiger partial charge in [0.2, 0.25) is 0 Å². The molecule has 1 unspecified atom stereocenters. The Morgan fingerprint density at radius 3 is 3.00 bits per heavy atom. The number of anilines is 1. The van der Waals surface area contributed by atoms with E-state index in [0.29, 0.717) is 5.92 Å². The normalized spacial score (nSPS) is 18.3. The number of hydrogen-bond donors (Lipinski definition) is 1. The number of aromatic nitrogens is 2. The van der Waals surface area contributed by atoms with E-state index in [1.54, 1.807) is 17.7 Å². The Balaban J connectivity index is 1.50. The maximum Gasteiger partial charge on any atom is 0.250 e. The molecule has 5 heteroatoms. The second-order valence-electron chi connectivity index (χ2n) is 6.42. The lowest BCUT2D eigenvalue weighted by Crippen LogP contribution is -2.24. The van der Waals surface area contributed by atoms with Crippen LogP contribution in [0.2, 0.25) is 0 Å². The molecule has 1 aliphatic heterocycles. The van der Waals surface area contributed by atoms with Crippen LogP contribution in [0, 0.1) is 12.8 Å². The van der Waals surface area contributed by atoms with Crippen molar-refractivity contribution < 1.29 is 0 Å². The van der Waals surface area contributed by atoms with E-state index in [2.05, 4.69) is 15.2 Å². The molecule has 1 fully saturated rings. The average Bonchev–Trinajstić information content (AvgIpc) is 2.97. The molecule has 0 amide bonds. The summed E-state index contributed by atoms with van der Waals surface area (Å²) in [6.07, 6.45) is 3.03. The number of hydrogen-bond acceptors (Lipinski definition) is 4. The first-order valence-electron chi connectivity index (χ1n) is 8.15. The number of rotatable bonds is 5. The second kappa shape index (κ2) is 6.96. The van der Waals surface area contributed by atoms with Gasteiger partial charge in [-0.1, -0.05) is 6.07 Å². The zero-order chi connectivity index (χ0) is 16.2. The van der Waals surface area contributed by atoms with Crippen LogP contribution in [0.1, 0.15) is 17.7 Å². The summed E-state index contributed by atoms with van der Waals surface area (Å²) in [5.41, 5.74) is 2.20. The molecule has 0 spiro atoms. The van der Waals surface area contributed by atoms with Crippen LogP contribution >= 0.6 is 0 Å². The first kappa shape index (κ1) is 15.7. The van der Waals surface area contributed by atoms with E-state index in [9.17, 15) is 4.79 Å². The van der Waals surface area contributed by atoms with Gasteiger partial charge in [-0.3, -0.25) is 9.69 Å². The molecule has 0 saturated carbocycles. The molecular weight excluding hydrogens is 288 g/mol. The van der Waals surface area contributed by atoms with Crippen molar-refractivity contribution in [2.75, 3.05) is 25.0 Å². The van der Waals surface area contributed by atoms with Gasteiger partial charge in [0, 0.05) is 44.6 Å². The summed E-state index contributed by atoms with van der Waals surface area (Å²) < 4.78 is 1.61. The summed E-state index contributed by atoms with van der Waals surface area (Å²) in [6.45, 7) is 5.96. The Morgan fingerprint density at radius 2 is 2.22 bits per heavy atom. The number of likely N-dealkylation sites (tertiary alicyclic amines) is 1. The van der Waals surface area contributed by atoms with Crippen LogP contribution in [0.3, 0.4) is 0 Å². The van der Waals surface area contributed by atoms with Crippen molar-refractivity contribution in [3.63, 3.8) is 0 Å². The quantitative estimate of drug-likeness (QED) is 0.918. The summed E-state index contributed by atoms with van der Waals surface area (Å²) in [6, 6.07) is 9.82. The van der Waals surface area contributed by atoms with Crippen LogP contribution in [-0.2, 0) is 13.6 Å². The van der Waals surface area contributed by atoms with Crippen LogP contribution < -0.4 is 10.9 Å². The lowest BCUT2D eigenvalue weighted by atomic mass is 10.1. The lowest BCUT2D eigenvalue weighted by Gasteiger charge is -2.16. The molecule has 0 aliphatic carbocycles. The van der Waals surface area contributed by atoms with Crippen molar-refractivity contribution in [1.82, 2.24) is 14.5 Å². The molecule has 0 bridgehead atoms. The van der Waals surface area contributed by atoms with Crippen LogP contribution in [0.25, 0.3) is 0 Å². The zero-order valence-electron chi connectivity index (χ0n) is 13.8. The fourth-order valence-corrected chi connectivity index (χ4v) is 3.06. The highest BCUT2D eigenvalue weighted by Gasteiger charge is 2.22. The molecule has 23 heavy (non-hydrogen) atoms. The Bertz CT molecular complexity index is 725. The highest BCUT2D eigenvalue weighted by Crippen LogP contribution is 2.19. The third-order valence-corrected chi connectivity index (χ3v) is 4.41. The monoisotopic (exact) mass is 312 g/mol. The average molecular weight is 312 g/mol. The van der Waals surface area contributed by atoms with Gasteiger partial charge in [0.1, 0.15) is 5.82 Å². The molecule has 1 aliphatic rings. The molecular formula is C18H24N4O. The van der Waals surface area contributed by atoms with Crippen LogP contribution in [0.5, 0.6) is 0 Å². The third-order valence-electron chi connectivity index (χ3n) is 4.41. The van der Waals surface area contributed by atoms with Crippen LogP contribution in [0.15, 0.2) is 41.3 Å². The van der Waals surface area contributed by atoms with E-state index in [0.717, 1.165) is 43.3 Å². The fraction of sp³-hybridized carbons (Fsp3) is 0.444. The van der Waals surface area contributed by atoms with Gasteiger partial charge in [0.25, 0.3) is 5.56 Å². The minimum absolute atomic E-state index is 0.0606. The van der Waals surface area contributed by atoms with E-state index in [4.69, 9.17) is 0 Å². The van der Waals surface area contributed by atoms with E-state index >= 15 is 0 Å². The van der Waals surface area contributed by atoms with E-state index in [1.807, 2.05) is 37.4 Å². The maximum atomic E-state index is 11.7. The first-order valence-corrected chi connectivity index (χ1v) is 8.15. The van der Waals surface area contributed by atoms with E-state index in [1.165, 1.54) is 6.42 Å². The molecule has 1 atom stereocenters. The maximum absolute atomic E-state index is 11.7. The smallest absolute Gasteiger partial charge is 0.250 e. The Kier molecular flexibility index (Phi) is 4.76. The predicted molar refractivity (Wildman–Crippen MR) is 92.5 cm³/mol. The third kappa shape index (κ3) is 4.20. The minimum Gasteiger partial charge on any atom is -0.370 e. The summed E-state index contributed by atoms with van der Waals surface area (Å²) >= 11 is 0. The minimum atomic E-state index is 0.0606. The summed E-state index contributed by atoms with van der Waals surface area (Å²) in [7, 11) is 1.78. The molecule has 5 nitrogen and oxygen atoms in total. The number of aryl methyl sites for hydroxylation is 2. The van der Waals surface area contributed by atoms with E-state index in [-0.39, 0.29) is 5.56 Å². The molecule has 3 rings (SSSR count). The molecule has 2 aromatic heterocycles. The van der Waals surface area contributed by atoms with Crippen molar-refractivity contribution in [1.29, 1.82) is 0 Å². The summed E-state index contributed by atoms with van der Waals surface area (Å²) in [5, 5.41) is 3.44. The van der Waals surface area contributed by atoms with Crippen LogP contribution in [0.4, 0.5) is 5.82 Å². The topological polar surface area (TPSA) is 50.2 Å². The standard InChI is InChI=1S/C18H24N4O/c1-14-4-3-5-17(20-14)19-11-16-7-9-22(13-16)12-15-6-8-21(2)18(23)10-15/h3-6,8,10,16H,7,9,11-13H2,1-2H3,(H,19,20). The number of pyridine rings is 2. The van der Waals surface area contributed by atoms with Gasteiger partial charge in [0.05, 0.1) is 0 Å². The predicted octanol–water partition coefficient (Wildman–Crippen LogP) is 2.02. The number of nitrogens with zero attached hydrogens (tertiary/aromatic N) is 3. The SMILES string of the molecule is Cc1cccc(NCC2CCN(Cc3ccn(C)c(=O)c3)C2)n1. The van der Waals surface area contributed by atoms with Gasteiger partial charge in [-0.2, -0.15) is 0 Å². The second-order valence-corrected chi connectivity index (χ2v) is 6.42. The van der Waals surface area contributed by atoms with Crippen molar-refractivity contribution in [3.8, 4) is 0 Å². The molecule has 3 heterocycles. The first-order chi connectivity index (χ1) is 11.1. The summed E-state index contributed by atoms with van der Waals surface area (Å²) in [4.78, 5) is 18.6. The molecule has 0 radical (unpaired) electrons. The summed E-state index contributed by atoms with van der Waals surface area (Å²) in [5.74, 6) is 1.58. The van der Waals surface area contributed by atoms with Gasteiger partial charge in [-0.25, -0.2) is 4.98 Å². The largest absolute Gasteiger partial charge is 0.370 e. The van der Waals surface area contributed by atoms with Crippen molar-refractivity contribution in [2.24, 2.45) is 13.0 Å². The van der Waals surface area contributed by atoms with Gasteiger partial charge in [-0.05, 0) is 49.6 Å². The van der Waals surface area contributed by atoms with Crippen molar-refractivity contribution in [2.45, 2.75) is 19.9 Å². The molecule has 2 aromatic rings. The molecule has 0 aromatic carbocycles. The molecule has 1 N–H and O–H groups in total. The molecule has 122 valence electrons. The van der Waals surface area contributed by atoms with Crippen LogP contribution in [-0.4, -0.2) is 34.1 Å². The van der Waals surface area contributed by atoms with Gasteiger partial charge in [-0.15, -0.1) is 0 Å². The Labute approximate surface area is 137 Å². The highest BCUT2D eigenvalue weighted by atomic mass is 16.1. The Morgan fingerprint density at radius 1 is 1.35 bits per heavy atom. The Hall–Kier alpha value is -2.14. The zero-order valence-corrected chi connectivity index (χ0v) is 13.8. The van der Waals surface area contributed by atoms with Gasteiger partial charge < -0.3 is 9.88 Å². The van der Waals surface area contributed by atoms with E-state index < -0.39 is 0 Å². The molecule has 1 saturated heterocycles. The van der Waals surface area contributed by atoms with Crippen molar-refractivity contribution >= 4 is 5.82 Å². The van der Waals surface area contributed by atoms with Crippen molar-refractivity contribution in [3.05, 3.63) is 58.1 Å².